The molecule has 1 aliphatic rings. The molecule has 1 aliphatic heterocycles. The number of rotatable bonds is 7. The van der Waals surface area contributed by atoms with Crippen LogP contribution in [-0.4, -0.2) is 30.0 Å². The maximum atomic E-state index is 5.91. The Morgan fingerprint density at radius 3 is 2.80 bits per heavy atom. The monoisotopic (exact) mass is 282 g/mol. The van der Waals surface area contributed by atoms with Crippen molar-refractivity contribution in [1.82, 2.24) is 10.5 Å². The van der Waals surface area contributed by atoms with Crippen LogP contribution in [0.4, 0.5) is 0 Å². The molecule has 20 heavy (non-hydrogen) atoms. The normalized spacial score (nSPS) is 26.9. The highest BCUT2D eigenvalue weighted by Gasteiger charge is 2.25. The van der Waals surface area contributed by atoms with Crippen molar-refractivity contribution in [2.45, 2.75) is 71.5 Å². The molecule has 2 rings (SSSR count). The molecule has 0 bridgehead atoms. The van der Waals surface area contributed by atoms with E-state index in [-0.39, 0.29) is 18.3 Å². The summed E-state index contributed by atoms with van der Waals surface area (Å²) in [5.74, 6) is 0.796. The van der Waals surface area contributed by atoms with Crippen molar-refractivity contribution >= 4 is 0 Å². The standard InChI is InChI=1S/C15H26N2O3/c1-4-5-16-9-13-8-15(20-17-13)10-18-14-6-11(2)19-12(3)7-14/h8,11-12,14,16H,4-7,9-10H2,1-3H3. The molecule has 1 saturated heterocycles. The number of aromatic nitrogens is 1. The van der Waals surface area contributed by atoms with Gasteiger partial charge < -0.3 is 19.3 Å². The molecule has 1 aromatic heterocycles. The average Bonchev–Trinajstić information content (AvgIpc) is 2.84. The highest BCUT2D eigenvalue weighted by molar-refractivity contribution is 5.04. The van der Waals surface area contributed by atoms with E-state index in [1.54, 1.807) is 0 Å². The van der Waals surface area contributed by atoms with Gasteiger partial charge in [-0.25, -0.2) is 0 Å². The molecule has 1 N–H and O–H groups in total. The van der Waals surface area contributed by atoms with E-state index in [0.29, 0.717) is 6.61 Å². The number of nitrogens with one attached hydrogen (secondary N) is 1. The van der Waals surface area contributed by atoms with Crippen molar-refractivity contribution in [2.24, 2.45) is 0 Å². The molecule has 114 valence electrons. The highest BCUT2D eigenvalue weighted by atomic mass is 16.5. The molecule has 2 heterocycles. The summed E-state index contributed by atoms with van der Waals surface area (Å²) in [5.41, 5.74) is 0.936. The molecule has 0 saturated carbocycles. The van der Waals surface area contributed by atoms with Crippen LogP contribution in [-0.2, 0) is 22.6 Å². The van der Waals surface area contributed by atoms with Crippen LogP contribution in [0.1, 0.15) is 51.5 Å². The van der Waals surface area contributed by atoms with Crippen molar-refractivity contribution < 1.29 is 14.0 Å². The van der Waals surface area contributed by atoms with Crippen LogP contribution in [0.3, 0.4) is 0 Å². The van der Waals surface area contributed by atoms with Gasteiger partial charge in [-0.15, -0.1) is 0 Å². The van der Waals surface area contributed by atoms with Crippen LogP contribution in [0, 0.1) is 0 Å². The van der Waals surface area contributed by atoms with Gasteiger partial charge in [0.25, 0.3) is 0 Å². The molecule has 0 aromatic carbocycles. The van der Waals surface area contributed by atoms with Crippen LogP contribution in [0.25, 0.3) is 0 Å². The third-order valence-electron chi connectivity index (χ3n) is 3.46. The largest absolute Gasteiger partial charge is 0.375 e. The van der Waals surface area contributed by atoms with Crippen molar-refractivity contribution in [1.29, 1.82) is 0 Å². The summed E-state index contributed by atoms with van der Waals surface area (Å²) in [6, 6.07) is 1.97. The summed E-state index contributed by atoms with van der Waals surface area (Å²) in [6.07, 6.45) is 3.81. The van der Waals surface area contributed by atoms with E-state index in [4.69, 9.17) is 14.0 Å². The van der Waals surface area contributed by atoms with Crippen LogP contribution in [0.5, 0.6) is 0 Å². The van der Waals surface area contributed by atoms with E-state index in [0.717, 1.165) is 43.8 Å². The minimum absolute atomic E-state index is 0.250. The molecule has 5 nitrogen and oxygen atoms in total. The maximum absolute atomic E-state index is 5.91. The highest BCUT2D eigenvalue weighted by Crippen LogP contribution is 2.22. The van der Waals surface area contributed by atoms with E-state index in [2.05, 4.69) is 31.2 Å². The van der Waals surface area contributed by atoms with Gasteiger partial charge in [-0.1, -0.05) is 12.1 Å². The first kappa shape index (κ1) is 15.5. The Morgan fingerprint density at radius 2 is 2.10 bits per heavy atom. The van der Waals surface area contributed by atoms with Gasteiger partial charge in [-0.3, -0.25) is 0 Å². The van der Waals surface area contributed by atoms with Crippen molar-refractivity contribution in [3.63, 3.8) is 0 Å². The number of hydrogen-bond acceptors (Lipinski definition) is 5. The quantitative estimate of drug-likeness (QED) is 0.779. The Morgan fingerprint density at radius 1 is 1.35 bits per heavy atom. The van der Waals surface area contributed by atoms with Gasteiger partial charge in [-0.2, -0.15) is 0 Å². The Labute approximate surface area is 121 Å². The van der Waals surface area contributed by atoms with Gasteiger partial charge >= 0.3 is 0 Å². The van der Waals surface area contributed by atoms with E-state index < -0.39 is 0 Å². The molecule has 1 aromatic rings. The lowest BCUT2D eigenvalue weighted by Gasteiger charge is -2.31. The van der Waals surface area contributed by atoms with Crippen LogP contribution < -0.4 is 5.32 Å². The van der Waals surface area contributed by atoms with E-state index in [1.165, 1.54) is 0 Å². The van der Waals surface area contributed by atoms with E-state index >= 15 is 0 Å². The zero-order valence-corrected chi connectivity index (χ0v) is 12.7. The molecule has 2 unspecified atom stereocenters. The molecule has 1 fully saturated rings. The Kier molecular flexibility index (Phi) is 6.01. The zero-order valence-electron chi connectivity index (χ0n) is 12.7. The minimum atomic E-state index is 0.250. The van der Waals surface area contributed by atoms with E-state index in [1.807, 2.05) is 6.07 Å². The molecular formula is C15H26N2O3. The second kappa shape index (κ2) is 7.76. The predicted octanol–water partition coefficient (Wildman–Crippen LogP) is 2.65. The number of ether oxygens (including phenoxy) is 2. The molecule has 5 heteroatoms. The van der Waals surface area contributed by atoms with Gasteiger partial charge in [0.15, 0.2) is 5.76 Å². The summed E-state index contributed by atoms with van der Waals surface area (Å²) < 4.78 is 16.9. The molecule has 0 amide bonds. The van der Waals surface area contributed by atoms with Gasteiger partial charge in [-0.05, 0) is 39.7 Å². The fourth-order valence-corrected chi connectivity index (χ4v) is 2.58. The SMILES string of the molecule is CCCNCc1cc(COC2CC(C)OC(C)C2)on1. The van der Waals surface area contributed by atoms with Crippen LogP contribution in [0.2, 0.25) is 0 Å². The van der Waals surface area contributed by atoms with Crippen molar-refractivity contribution in [3.05, 3.63) is 17.5 Å². The summed E-state index contributed by atoms with van der Waals surface area (Å²) >= 11 is 0. The minimum Gasteiger partial charge on any atom is -0.375 e. The van der Waals surface area contributed by atoms with Gasteiger partial charge in [0, 0.05) is 12.6 Å². The first-order valence-electron chi connectivity index (χ1n) is 7.59. The summed E-state index contributed by atoms with van der Waals surface area (Å²) in [4.78, 5) is 0. The lowest BCUT2D eigenvalue weighted by Crippen LogP contribution is -2.33. The van der Waals surface area contributed by atoms with Crippen molar-refractivity contribution in [3.8, 4) is 0 Å². The molecule has 0 aliphatic carbocycles. The first-order chi connectivity index (χ1) is 9.67. The first-order valence-corrected chi connectivity index (χ1v) is 7.59. The smallest absolute Gasteiger partial charge is 0.162 e. The number of nitrogens with zero attached hydrogens (tertiary/aromatic N) is 1. The predicted molar refractivity (Wildman–Crippen MR) is 76.3 cm³/mol. The second-order valence-electron chi connectivity index (χ2n) is 5.62. The zero-order chi connectivity index (χ0) is 14.4. The molecule has 0 radical (unpaired) electrons. The average molecular weight is 282 g/mol. The van der Waals surface area contributed by atoms with Crippen molar-refractivity contribution in [2.75, 3.05) is 6.54 Å². The molecule has 2 atom stereocenters. The maximum Gasteiger partial charge on any atom is 0.162 e. The Balaban J connectivity index is 1.73. The third kappa shape index (κ3) is 4.89. The van der Waals surface area contributed by atoms with Gasteiger partial charge in [0.2, 0.25) is 0 Å². The Hall–Kier alpha value is -0.910. The van der Waals surface area contributed by atoms with Crippen LogP contribution in [0.15, 0.2) is 10.6 Å². The van der Waals surface area contributed by atoms with Crippen LogP contribution >= 0.6 is 0 Å². The van der Waals surface area contributed by atoms with Gasteiger partial charge in [0.1, 0.15) is 6.61 Å². The third-order valence-corrected chi connectivity index (χ3v) is 3.46. The molecular weight excluding hydrogens is 256 g/mol. The molecule has 0 spiro atoms. The lowest BCUT2D eigenvalue weighted by molar-refractivity contribution is -0.108. The number of hydrogen-bond donors (Lipinski definition) is 1. The summed E-state index contributed by atoms with van der Waals surface area (Å²) in [6.45, 7) is 8.57. The van der Waals surface area contributed by atoms with Gasteiger partial charge in [0.05, 0.1) is 24.0 Å². The fourth-order valence-electron chi connectivity index (χ4n) is 2.58. The second-order valence-corrected chi connectivity index (χ2v) is 5.62. The summed E-state index contributed by atoms with van der Waals surface area (Å²) in [7, 11) is 0. The Bertz CT molecular complexity index is 384. The lowest BCUT2D eigenvalue weighted by atomic mass is 10.0. The topological polar surface area (TPSA) is 56.5 Å². The fraction of sp³-hybridized carbons (Fsp3) is 0.800. The summed E-state index contributed by atoms with van der Waals surface area (Å²) in [5, 5.41) is 7.34. The van der Waals surface area contributed by atoms with E-state index in [9.17, 15) is 0 Å².